The standard InChI is InChI=1S/C12H16N4O2S/c1-7-9-10(15(3)14-7)16(12(2)4-5-12)11(13-9)19-6-8(17)18/h4-6H2,1-3H3,(H,17,18). The lowest BCUT2D eigenvalue weighted by Crippen LogP contribution is -2.16. The first-order chi connectivity index (χ1) is 8.92. The van der Waals surface area contributed by atoms with Crippen molar-refractivity contribution in [1.29, 1.82) is 0 Å². The molecule has 6 nitrogen and oxygen atoms in total. The van der Waals surface area contributed by atoms with Crippen LogP contribution in [0, 0.1) is 6.92 Å². The van der Waals surface area contributed by atoms with Gasteiger partial charge in [-0.2, -0.15) is 5.10 Å². The van der Waals surface area contributed by atoms with Crippen molar-refractivity contribution in [3.05, 3.63) is 5.69 Å². The van der Waals surface area contributed by atoms with Crippen molar-refractivity contribution >= 4 is 28.9 Å². The number of carboxylic acid groups (broad SMARTS) is 1. The Morgan fingerprint density at radius 2 is 2.21 bits per heavy atom. The van der Waals surface area contributed by atoms with E-state index in [9.17, 15) is 4.79 Å². The van der Waals surface area contributed by atoms with Gasteiger partial charge in [-0.15, -0.1) is 0 Å². The molecule has 7 heteroatoms. The van der Waals surface area contributed by atoms with Crippen molar-refractivity contribution in [1.82, 2.24) is 19.3 Å². The molecule has 3 rings (SSSR count). The van der Waals surface area contributed by atoms with Gasteiger partial charge in [0.15, 0.2) is 10.8 Å². The highest BCUT2D eigenvalue weighted by molar-refractivity contribution is 7.99. The minimum atomic E-state index is -0.820. The largest absolute Gasteiger partial charge is 0.481 e. The van der Waals surface area contributed by atoms with Crippen molar-refractivity contribution in [2.24, 2.45) is 7.05 Å². The van der Waals surface area contributed by atoms with E-state index in [-0.39, 0.29) is 11.3 Å². The fraction of sp³-hybridized carbons (Fsp3) is 0.583. The number of hydrogen-bond acceptors (Lipinski definition) is 4. The molecule has 0 unspecified atom stereocenters. The number of aliphatic carboxylic acids is 1. The van der Waals surface area contributed by atoms with Gasteiger partial charge in [-0.3, -0.25) is 14.0 Å². The van der Waals surface area contributed by atoms with Crippen LogP contribution in [-0.4, -0.2) is 36.2 Å². The van der Waals surface area contributed by atoms with Crippen LogP contribution in [-0.2, 0) is 17.4 Å². The van der Waals surface area contributed by atoms with Gasteiger partial charge in [0.05, 0.1) is 11.4 Å². The molecule has 0 spiro atoms. The third kappa shape index (κ3) is 1.92. The number of thioether (sulfide) groups is 1. The van der Waals surface area contributed by atoms with E-state index in [1.165, 1.54) is 11.8 Å². The zero-order valence-corrected chi connectivity index (χ0v) is 12.0. The summed E-state index contributed by atoms with van der Waals surface area (Å²) in [6.07, 6.45) is 2.20. The molecule has 0 amide bonds. The van der Waals surface area contributed by atoms with E-state index in [4.69, 9.17) is 5.11 Å². The molecule has 0 saturated heterocycles. The van der Waals surface area contributed by atoms with Crippen molar-refractivity contribution in [3.8, 4) is 0 Å². The fourth-order valence-corrected chi connectivity index (χ4v) is 3.21. The Morgan fingerprint density at radius 3 is 2.79 bits per heavy atom. The van der Waals surface area contributed by atoms with E-state index in [1.54, 1.807) is 0 Å². The maximum atomic E-state index is 10.8. The molecule has 0 aromatic carbocycles. The van der Waals surface area contributed by atoms with Crippen molar-refractivity contribution in [2.75, 3.05) is 5.75 Å². The number of imidazole rings is 1. The Morgan fingerprint density at radius 1 is 1.53 bits per heavy atom. The van der Waals surface area contributed by atoms with E-state index < -0.39 is 5.97 Å². The van der Waals surface area contributed by atoms with Gasteiger partial charge in [0.2, 0.25) is 0 Å². The summed E-state index contributed by atoms with van der Waals surface area (Å²) in [4.78, 5) is 15.4. The summed E-state index contributed by atoms with van der Waals surface area (Å²) in [5.74, 6) is -0.786. The number of fused-ring (bicyclic) bond motifs is 1. The Hall–Kier alpha value is -1.50. The maximum Gasteiger partial charge on any atom is 0.313 e. The Bertz CT molecular complexity index is 669. The number of aryl methyl sites for hydroxylation is 2. The molecule has 0 atom stereocenters. The van der Waals surface area contributed by atoms with Crippen molar-refractivity contribution in [3.63, 3.8) is 0 Å². The molecule has 2 aromatic rings. The second-order valence-corrected chi connectivity index (χ2v) is 6.23. The zero-order chi connectivity index (χ0) is 13.8. The predicted octanol–water partition coefficient (Wildman–Crippen LogP) is 1.76. The number of carbonyl (C=O) groups is 1. The summed E-state index contributed by atoms with van der Waals surface area (Å²) in [5.41, 5.74) is 2.82. The number of hydrogen-bond donors (Lipinski definition) is 1. The maximum absolute atomic E-state index is 10.8. The van der Waals surface area contributed by atoms with Crippen LogP contribution < -0.4 is 0 Å². The highest BCUT2D eigenvalue weighted by Crippen LogP contribution is 2.47. The second-order valence-electron chi connectivity index (χ2n) is 5.29. The summed E-state index contributed by atoms with van der Waals surface area (Å²) in [7, 11) is 1.91. The number of carboxylic acids is 1. The van der Waals surface area contributed by atoms with Crippen LogP contribution in [0.1, 0.15) is 25.5 Å². The van der Waals surface area contributed by atoms with E-state index in [1.807, 2.05) is 18.7 Å². The van der Waals surface area contributed by atoms with Gasteiger partial charge in [-0.05, 0) is 26.7 Å². The average Bonchev–Trinajstić information content (AvgIpc) is 2.85. The molecular weight excluding hydrogens is 264 g/mol. The fourth-order valence-electron chi connectivity index (χ4n) is 2.37. The molecule has 1 aliphatic carbocycles. The lowest BCUT2D eigenvalue weighted by atomic mass is 10.3. The molecule has 2 aromatic heterocycles. The molecule has 1 aliphatic rings. The highest BCUT2D eigenvalue weighted by Gasteiger charge is 2.43. The minimum absolute atomic E-state index is 0.0336. The highest BCUT2D eigenvalue weighted by atomic mass is 32.2. The van der Waals surface area contributed by atoms with Crippen molar-refractivity contribution in [2.45, 2.75) is 37.4 Å². The van der Waals surface area contributed by atoms with Gasteiger partial charge < -0.3 is 5.11 Å². The van der Waals surface area contributed by atoms with Crippen molar-refractivity contribution < 1.29 is 9.90 Å². The van der Waals surface area contributed by atoms with Crippen LogP contribution in [0.15, 0.2) is 5.16 Å². The summed E-state index contributed by atoms with van der Waals surface area (Å²) in [6.45, 7) is 4.11. The SMILES string of the molecule is Cc1nn(C)c2c1nc(SCC(=O)O)n2C1(C)CC1. The van der Waals surface area contributed by atoms with Gasteiger partial charge in [0, 0.05) is 12.6 Å². The minimum Gasteiger partial charge on any atom is -0.481 e. The molecular formula is C12H16N4O2S. The first kappa shape index (κ1) is 12.5. The second kappa shape index (κ2) is 4.00. The monoisotopic (exact) mass is 280 g/mol. The summed E-state index contributed by atoms with van der Waals surface area (Å²) >= 11 is 1.28. The Balaban J connectivity index is 2.15. The Labute approximate surface area is 114 Å². The quantitative estimate of drug-likeness (QED) is 0.864. The molecule has 2 heterocycles. The first-order valence-electron chi connectivity index (χ1n) is 6.19. The molecule has 102 valence electrons. The van der Waals surface area contributed by atoms with Gasteiger partial charge >= 0.3 is 5.97 Å². The average molecular weight is 280 g/mol. The van der Waals surface area contributed by atoms with Gasteiger partial charge in [-0.1, -0.05) is 11.8 Å². The molecule has 19 heavy (non-hydrogen) atoms. The molecule has 1 fully saturated rings. The van der Waals surface area contributed by atoms with E-state index in [0.717, 1.165) is 34.9 Å². The van der Waals surface area contributed by atoms with Crippen LogP contribution in [0.25, 0.3) is 11.2 Å². The molecule has 0 aliphatic heterocycles. The van der Waals surface area contributed by atoms with E-state index in [0.29, 0.717) is 0 Å². The zero-order valence-electron chi connectivity index (χ0n) is 11.2. The summed E-state index contributed by atoms with van der Waals surface area (Å²) in [5, 5.41) is 14.0. The third-order valence-corrected chi connectivity index (χ3v) is 4.53. The Kier molecular flexibility index (Phi) is 2.63. The molecule has 0 radical (unpaired) electrons. The van der Waals surface area contributed by atoms with Gasteiger partial charge in [-0.25, -0.2) is 4.98 Å². The topological polar surface area (TPSA) is 72.9 Å². The number of rotatable bonds is 4. The van der Waals surface area contributed by atoms with Crippen LogP contribution in [0.3, 0.4) is 0 Å². The van der Waals surface area contributed by atoms with Crippen LogP contribution in [0.4, 0.5) is 0 Å². The molecule has 1 saturated carbocycles. The normalized spacial score (nSPS) is 17.0. The predicted molar refractivity (Wildman–Crippen MR) is 72.5 cm³/mol. The van der Waals surface area contributed by atoms with Crippen LogP contribution in [0.5, 0.6) is 0 Å². The van der Waals surface area contributed by atoms with E-state index in [2.05, 4.69) is 21.6 Å². The third-order valence-electron chi connectivity index (χ3n) is 3.61. The number of nitrogens with zero attached hydrogens (tertiary/aromatic N) is 4. The van der Waals surface area contributed by atoms with Crippen LogP contribution >= 0.6 is 11.8 Å². The molecule has 0 bridgehead atoms. The molecule has 1 N–H and O–H groups in total. The lowest BCUT2D eigenvalue weighted by molar-refractivity contribution is -0.133. The smallest absolute Gasteiger partial charge is 0.313 e. The first-order valence-corrected chi connectivity index (χ1v) is 7.18. The number of aromatic nitrogens is 4. The lowest BCUT2D eigenvalue weighted by Gasteiger charge is -2.15. The van der Waals surface area contributed by atoms with Gasteiger partial charge in [0.1, 0.15) is 5.52 Å². The van der Waals surface area contributed by atoms with Crippen LogP contribution in [0.2, 0.25) is 0 Å². The van der Waals surface area contributed by atoms with Gasteiger partial charge in [0.25, 0.3) is 0 Å². The summed E-state index contributed by atoms with van der Waals surface area (Å²) < 4.78 is 4.00. The summed E-state index contributed by atoms with van der Waals surface area (Å²) in [6, 6.07) is 0. The van der Waals surface area contributed by atoms with E-state index >= 15 is 0 Å².